The van der Waals surface area contributed by atoms with Gasteiger partial charge < -0.3 is 15.5 Å². The van der Waals surface area contributed by atoms with Crippen LogP contribution in [0.15, 0.2) is 78.9 Å². The minimum Gasteiger partial charge on any atom is -0.315 e. The van der Waals surface area contributed by atoms with Crippen LogP contribution in [0.25, 0.3) is 16.8 Å². The first-order valence-electron chi connectivity index (χ1n) is 12.6. The number of aryl methyl sites for hydroxylation is 3. The summed E-state index contributed by atoms with van der Waals surface area (Å²) in [5.41, 5.74) is 6.35. The molecule has 0 spiro atoms. The zero-order valence-electron chi connectivity index (χ0n) is 21.8. The number of urea groups is 1. The highest BCUT2D eigenvalue weighted by Gasteiger charge is 2.23. The molecule has 0 unspecified atom stereocenters. The summed E-state index contributed by atoms with van der Waals surface area (Å²) >= 11 is 0. The van der Waals surface area contributed by atoms with Crippen molar-refractivity contribution in [3.63, 3.8) is 0 Å². The molecule has 0 aliphatic heterocycles. The second-order valence-corrected chi connectivity index (χ2v) is 8.92. The number of rotatable bonds is 8. The molecule has 0 aliphatic rings. The van der Waals surface area contributed by atoms with E-state index in [1.54, 1.807) is 4.68 Å². The average molecular weight is 496 g/mol. The molecular weight excluding hydrogens is 462 g/mol. The maximum Gasteiger partial charge on any atom is 0.322 e. The Hall–Kier alpha value is -4.39. The monoisotopic (exact) mass is 495 g/mol. The van der Waals surface area contributed by atoms with Crippen LogP contribution in [0, 0.1) is 13.8 Å². The van der Waals surface area contributed by atoms with Crippen LogP contribution in [0.3, 0.4) is 0 Å². The van der Waals surface area contributed by atoms with Crippen LogP contribution >= 0.6 is 0 Å². The van der Waals surface area contributed by atoms with Crippen molar-refractivity contribution in [2.45, 2.75) is 34.1 Å². The van der Waals surface area contributed by atoms with Gasteiger partial charge in [0.1, 0.15) is 12.4 Å². The molecule has 0 saturated carbocycles. The van der Waals surface area contributed by atoms with Crippen LogP contribution in [0.4, 0.5) is 16.3 Å². The first-order chi connectivity index (χ1) is 17.9. The SMILES string of the molecule is CCc1cccc(NC(=O)N(CC)CC(=O)Nc2c(-c3ccccc3)c(C)nn2-c2ccccc2C)c1. The number of carbonyl (C=O) groups is 2. The Morgan fingerprint density at radius 1 is 0.892 bits per heavy atom. The van der Waals surface area contributed by atoms with E-state index in [1.165, 1.54) is 4.90 Å². The first kappa shape index (κ1) is 25.7. The maximum absolute atomic E-state index is 13.3. The van der Waals surface area contributed by atoms with Crippen molar-refractivity contribution in [1.82, 2.24) is 14.7 Å². The molecule has 7 nitrogen and oxygen atoms in total. The predicted octanol–water partition coefficient (Wildman–Crippen LogP) is 6.21. The van der Waals surface area contributed by atoms with E-state index in [0.717, 1.165) is 40.1 Å². The first-order valence-corrected chi connectivity index (χ1v) is 12.6. The topological polar surface area (TPSA) is 79.3 Å². The van der Waals surface area contributed by atoms with Crippen molar-refractivity contribution in [2.24, 2.45) is 0 Å². The number of anilines is 2. The maximum atomic E-state index is 13.3. The van der Waals surface area contributed by atoms with Gasteiger partial charge in [-0.1, -0.05) is 67.6 Å². The second-order valence-electron chi connectivity index (χ2n) is 8.92. The fourth-order valence-corrected chi connectivity index (χ4v) is 4.31. The molecule has 190 valence electrons. The summed E-state index contributed by atoms with van der Waals surface area (Å²) in [6, 6.07) is 25.2. The highest BCUT2D eigenvalue weighted by atomic mass is 16.2. The summed E-state index contributed by atoms with van der Waals surface area (Å²) in [4.78, 5) is 27.8. The van der Waals surface area contributed by atoms with E-state index < -0.39 is 0 Å². The van der Waals surface area contributed by atoms with Crippen molar-refractivity contribution in [3.8, 4) is 16.8 Å². The average Bonchev–Trinajstić information content (AvgIpc) is 3.23. The number of carbonyl (C=O) groups excluding carboxylic acids is 2. The summed E-state index contributed by atoms with van der Waals surface area (Å²) in [7, 11) is 0. The van der Waals surface area contributed by atoms with Gasteiger partial charge in [-0.25, -0.2) is 9.48 Å². The third kappa shape index (κ3) is 5.89. The number of nitrogens with zero attached hydrogens (tertiary/aromatic N) is 3. The second kappa shape index (κ2) is 11.6. The molecule has 1 aromatic heterocycles. The Morgan fingerprint density at radius 3 is 2.32 bits per heavy atom. The van der Waals surface area contributed by atoms with Crippen molar-refractivity contribution in [1.29, 1.82) is 0 Å². The van der Waals surface area contributed by atoms with Gasteiger partial charge in [0.2, 0.25) is 5.91 Å². The fraction of sp³-hybridized carbons (Fsp3) is 0.233. The largest absolute Gasteiger partial charge is 0.322 e. The van der Waals surface area contributed by atoms with Crippen molar-refractivity contribution in [2.75, 3.05) is 23.7 Å². The number of nitrogens with one attached hydrogen (secondary N) is 2. The van der Waals surface area contributed by atoms with E-state index >= 15 is 0 Å². The van der Waals surface area contributed by atoms with Gasteiger partial charge in [-0.2, -0.15) is 5.10 Å². The summed E-state index contributed by atoms with van der Waals surface area (Å²) < 4.78 is 1.78. The number of amides is 3. The van der Waals surface area contributed by atoms with E-state index in [0.29, 0.717) is 18.1 Å². The molecule has 4 aromatic rings. The predicted molar refractivity (Wildman–Crippen MR) is 149 cm³/mol. The van der Waals surface area contributed by atoms with Gasteiger partial charge >= 0.3 is 6.03 Å². The zero-order valence-corrected chi connectivity index (χ0v) is 21.8. The Kier molecular flexibility index (Phi) is 8.03. The van der Waals surface area contributed by atoms with Crippen molar-refractivity contribution >= 4 is 23.4 Å². The molecule has 0 radical (unpaired) electrons. The van der Waals surface area contributed by atoms with Gasteiger partial charge in [0, 0.05) is 17.8 Å². The number of aromatic nitrogens is 2. The Morgan fingerprint density at radius 2 is 1.62 bits per heavy atom. The minimum absolute atomic E-state index is 0.0952. The molecule has 4 rings (SSSR count). The molecule has 0 saturated heterocycles. The Bertz CT molecular complexity index is 1390. The van der Waals surface area contributed by atoms with Gasteiger partial charge in [0.25, 0.3) is 0 Å². The highest BCUT2D eigenvalue weighted by Crippen LogP contribution is 2.34. The normalized spacial score (nSPS) is 10.7. The van der Waals surface area contributed by atoms with E-state index in [1.807, 2.05) is 99.6 Å². The number of likely N-dealkylation sites (N-methyl/N-ethyl adjacent to an activating group) is 1. The Balaban J connectivity index is 1.61. The zero-order chi connectivity index (χ0) is 26.4. The smallest absolute Gasteiger partial charge is 0.315 e. The van der Waals surface area contributed by atoms with Crippen LogP contribution in [0.1, 0.15) is 30.7 Å². The van der Waals surface area contributed by atoms with E-state index in [9.17, 15) is 9.59 Å². The van der Waals surface area contributed by atoms with Gasteiger partial charge in [-0.15, -0.1) is 0 Å². The number of hydrogen-bond acceptors (Lipinski definition) is 3. The summed E-state index contributed by atoms with van der Waals surface area (Å²) in [6.45, 7) is 8.15. The van der Waals surface area contributed by atoms with E-state index in [4.69, 9.17) is 5.10 Å². The van der Waals surface area contributed by atoms with Crippen LogP contribution < -0.4 is 10.6 Å². The lowest BCUT2D eigenvalue weighted by molar-refractivity contribution is -0.116. The summed E-state index contributed by atoms with van der Waals surface area (Å²) in [5.74, 6) is 0.279. The highest BCUT2D eigenvalue weighted by molar-refractivity contribution is 5.99. The molecule has 37 heavy (non-hydrogen) atoms. The molecule has 3 aromatic carbocycles. The summed E-state index contributed by atoms with van der Waals surface area (Å²) in [6.07, 6.45) is 0.876. The molecule has 0 aliphatic carbocycles. The van der Waals surface area contributed by atoms with Gasteiger partial charge in [0.05, 0.1) is 11.4 Å². The lowest BCUT2D eigenvalue weighted by Crippen LogP contribution is -2.40. The van der Waals surface area contributed by atoms with Crippen molar-refractivity contribution in [3.05, 3.63) is 95.7 Å². The van der Waals surface area contributed by atoms with Gasteiger partial charge in [0.15, 0.2) is 0 Å². The third-order valence-electron chi connectivity index (χ3n) is 6.31. The van der Waals surface area contributed by atoms with Crippen LogP contribution in [0.2, 0.25) is 0 Å². The molecule has 0 atom stereocenters. The molecular formula is C30H33N5O2. The Labute approximate surface area is 218 Å². The third-order valence-corrected chi connectivity index (χ3v) is 6.31. The molecule has 0 bridgehead atoms. The quantitative estimate of drug-likeness (QED) is 0.305. The number of hydrogen-bond donors (Lipinski definition) is 2. The van der Waals surface area contributed by atoms with Gasteiger partial charge in [-0.3, -0.25) is 4.79 Å². The van der Waals surface area contributed by atoms with E-state index in [-0.39, 0.29) is 18.5 Å². The lowest BCUT2D eigenvalue weighted by Gasteiger charge is -2.21. The number of para-hydroxylation sites is 1. The van der Waals surface area contributed by atoms with Crippen LogP contribution in [0.5, 0.6) is 0 Å². The molecule has 0 fully saturated rings. The molecule has 2 N–H and O–H groups in total. The lowest BCUT2D eigenvalue weighted by atomic mass is 10.1. The van der Waals surface area contributed by atoms with E-state index in [2.05, 4.69) is 17.6 Å². The minimum atomic E-state index is -0.322. The summed E-state index contributed by atoms with van der Waals surface area (Å²) in [5, 5.41) is 10.8. The van der Waals surface area contributed by atoms with Gasteiger partial charge in [-0.05, 0) is 62.1 Å². The number of benzene rings is 3. The molecule has 7 heteroatoms. The van der Waals surface area contributed by atoms with Crippen molar-refractivity contribution < 1.29 is 9.59 Å². The van der Waals surface area contributed by atoms with Crippen LogP contribution in [-0.2, 0) is 11.2 Å². The molecule has 3 amide bonds. The van der Waals surface area contributed by atoms with Crippen LogP contribution in [-0.4, -0.2) is 39.7 Å². The fourth-order valence-electron chi connectivity index (χ4n) is 4.31. The molecule has 1 heterocycles. The standard InChI is InChI=1S/C30H33N5O2/c1-5-23-14-12-17-25(19-23)31-30(37)34(6-2)20-27(36)32-29-28(24-15-8-7-9-16-24)22(4)33-35(29)26-18-11-10-13-21(26)3/h7-19H,5-6,20H2,1-4H3,(H,31,37)(H,32,36).